The minimum absolute atomic E-state index is 0.624. The van der Waals surface area contributed by atoms with Gasteiger partial charge in [-0.25, -0.2) is 9.97 Å². The first-order valence-electron chi connectivity index (χ1n) is 5.57. The number of nitrogens with zero attached hydrogens (tertiary/aromatic N) is 2. The van der Waals surface area contributed by atoms with Crippen LogP contribution in [0.15, 0.2) is 17.5 Å². The molecular weight excluding hydrogens is 254 g/mol. The molecule has 3 rings (SSSR count). The van der Waals surface area contributed by atoms with Crippen LogP contribution in [0.4, 0.5) is 5.82 Å². The van der Waals surface area contributed by atoms with E-state index < -0.39 is 0 Å². The maximum Gasteiger partial charge on any atom is 0.171 e. The Labute approximate surface area is 109 Å². The molecule has 2 heterocycles. The van der Waals surface area contributed by atoms with Gasteiger partial charge in [0, 0.05) is 30.1 Å². The van der Waals surface area contributed by atoms with Gasteiger partial charge in [0.05, 0.1) is 9.90 Å². The van der Waals surface area contributed by atoms with Crippen molar-refractivity contribution in [1.29, 1.82) is 0 Å². The molecule has 0 atom stereocenters. The normalized spacial score (nSPS) is 14.9. The number of thiophene rings is 1. The van der Waals surface area contributed by atoms with Gasteiger partial charge in [-0.15, -0.1) is 11.3 Å². The summed E-state index contributed by atoms with van der Waals surface area (Å²) in [6, 6.07) is 3.95. The smallest absolute Gasteiger partial charge is 0.171 e. The second-order valence-electron chi connectivity index (χ2n) is 4.16. The van der Waals surface area contributed by atoms with E-state index in [9.17, 15) is 0 Å². The Morgan fingerprint density at radius 1 is 1.35 bits per heavy atom. The van der Waals surface area contributed by atoms with Crippen molar-refractivity contribution in [3.05, 3.63) is 28.2 Å². The number of nitrogens with one attached hydrogen (secondary N) is 1. The number of hydrogen-bond acceptors (Lipinski definition) is 4. The van der Waals surface area contributed by atoms with Gasteiger partial charge in [-0.2, -0.15) is 0 Å². The van der Waals surface area contributed by atoms with E-state index in [-0.39, 0.29) is 0 Å². The molecule has 1 aliphatic rings. The van der Waals surface area contributed by atoms with Crippen molar-refractivity contribution in [2.24, 2.45) is 0 Å². The fourth-order valence-electron chi connectivity index (χ4n) is 1.72. The van der Waals surface area contributed by atoms with Gasteiger partial charge in [-0.05, 0) is 18.9 Å². The molecule has 2 aromatic heterocycles. The Hall–Kier alpha value is -1.13. The first kappa shape index (κ1) is 11.0. The fourth-order valence-corrected chi connectivity index (χ4v) is 2.73. The zero-order valence-corrected chi connectivity index (χ0v) is 11.0. The van der Waals surface area contributed by atoms with Crippen LogP contribution in [0.2, 0.25) is 5.02 Å². The van der Waals surface area contributed by atoms with Crippen LogP contribution >= 0.6 is 22.9 Å². The lowest BCUT2D eigenvalue weighted by Gasteiger charge is -2.05. The molecule has 0 unspecified atom stereocenters. The number of rotatable bonds is 3. The number of aromatic nitrogens is 2. The fraction of sp³-hybridized carbons (Fsp3) is 0.333. The Morgan fingerprint density at radius 3 is 2.76 bits per heavy atom. The minimum Gasteiger partial charge on any atom is -0.373 e. The first-order valence-corrected chi connectivity index (χ1v) is 6.83. The highest BCUT2D eigenvalue weighted by Gasteiger charge is 2.26. The van der Waals surface area contributed by atoms with E-state index in [1.54, 1.807) is 11.3 Å². The standard InChI is InChI=1S/C12H12ClN3S/c1-14-11-5-9(7-2-3-7)15-12(16-11)10-4-8(13)6-17-10/h4-7H,2-3H2,1H3,(H,14,15,16). The van der Waals surface area contributed by atoms with Crippen LogP contribution in [-0.2, 0) is 0 Å². The Morgan fingerprint density at radius 2 is 2.18 bits per heavy atom. The summed E-state index contributed by atoms with van der Waals surface area (Å²) in [5, 5.41) is 5.74. The quantitative estimate of drug-likeness (QED) is 0.918. The molecule has 1 N–H and O–H groups in total. The second-order valence-corrected chi connectivity index (χ2v) is 5.50. The van der Waals surface area contributed by atoms with Crippen molar-refractivity contribution < 1.29 is 0 Å². The van der Waals surface area contributed by atoms with Gasteiger partial charge in [0.15, 0.2) is 5.82 Å². The Kier molecular flexibility index (Phi) is 2.76. The molecule has 0 radical (unpaired) electrons. The van der Waals surface area contributed by atoms with Crippen LogP contribution in [0.25, 0.3) is 10.7 Å². The molecule has 3 nitrogen and oxygen atoms in total. The molecule has 1 aliphatic carbocycles. The molecule has 0 saturated heterocycles. The van der Waals surface area contributed by atoms with E-state index in [0.717, 1.165) is 27.2 Å². The maximum absolute atomic E-state index is 5.94. The summed E-state index contributed by atoms with van der Waals surface area (Å²) >= 11 is 7.52. The Balaban J connectivity index is 2.05. The van der Waals surface area contributed by atoms with E-state index >= 15 is 0 Å². The van der Waals surface area contributed by atoms with Gasteiger partial charge in [0.25, 0.3) is 0 Å². The third kappa shape index (κ3) is 2.28. The summed E-state index contributed by atoms with van der Waals surface area (Å²) in [6.07, 6.45) is 2.48. The number of hydrogen-bond donors (Lipinski definition) is 1. The molecule has 0 amide bonds. The van der Waals surface area contributed by atoms with Crippen LogP contribution in [0.3, 0.4) is 0 Å². The molecule has 2 aromatic rings. The van der Waals surface area contributed by atoms with E-state index in [2.05, 4.69) is 15.3 Å². The lowest BCUT2D eigenvalue weighted by atomic mass is 10.2. The third-order valence-corrected chi connectivity index (χ3v) is 4.06. The van der Waals surface area contributed by atoms with Crippen molar-refractivity contribution in [3.8, 4) is 10.7 Å². The van der Waals surface area contributed by atoms with Crippen LogP contribution < -0.4 is 5.32 Å². The van der Waals surface area contributed by atoms with Crippen molar-refractivity contribution in [1.82, 2.24) is 9.97 Å². The van der Waals surface area contributed by atoms with Gasteiger partial charge >= 0.3 is 0 Å². The van der Waals surface area contributed by atoms with Crippen LogP contribution in [0.5, 0.6) is 0 Å². The SMILES string of the molecule is CNc1cc(C2CC2)nc(-c2cc(Cl)cs2)n1. The lowest BCUT2D eigenvalue weighted by Crippen LogP contribution is -1.99. The van der Waals surface area contributed by atoms with Crippen LogP contribution in [-0.4, -0.2) is 17.0 Å². The van der Waals surface area contributed by atoms with Crippen molar-refractivity contribution in [2.45, 2.75) is 18.8 Å². The van der Waals surface area contributed by atoms with E-state index in [4.69, 9.17) is 11.6 Å². The average Bonchev–Trinajstić information content (AvgIpc) is 3.11. The topological polar surface area (TPSA) is 37.8 Å². The molecule has 1 saturated carbocycles. The molecule has 0 spiro atoms. The highest BCUT2D eigenvalue weighted by Crippen LogP contribution is 2.40. The molecule has 5 heteroatoms. The monoisotopic (exact) mass is 265 g/mol. The maximum atomic E-state index is 5.94. The van der Waals surface area contributed by atoms with Gasteiger partial charge in [0.2, 0.25) is 0 Å². The molecule has 0 bridgehead atoms. The predicted octanol–water partition coefficient (Wildman–Crippen LogP) is 3.78. The third-order valence-electron chi connectivity index (χ3n) is 2.79. The summed E-state index contributed by atoms with van der Waals surface area (Å²) in [5.41, 5.74) is 1.14. The summed E-state index contributed by atoms with van der Waals surface area (Å²) in [7, 11) is 1.88. The van der Waals surface area contributed by atoms with Crippen molar-refractivity contribution in [3.63, 3.8) is 0 Å². The highest BCUT2D eigenvalue weighted by atomic mass is 35.5. The van der Waals surface area contributed by atoms with Crippen molar-refractivity contribution in [2.75, 3.05) is 12.4 Å². The minimum atomic E-state index is 0.624. The second kappa shape index (κ2) is 4.27. The van der Waals surface area contributed by atoms with E-state index in [1.807, 2.05) is 24.6 Å². The zero-order chi connectivity index (χ0) is 11.8. The summed E-state index contributed by atoms with van der Waals surface area (Å²) in [4.78, 5) is 10.1. The zero-order valence-electron chi connectivity index (χ0n) is 9.40. The van der Waals surface area contributed by atoms with Gasteiger partial charge < -0.3 is 5.32 Å². The summed E-state index contributed by atoms with van der Waals surface area (Å²) in [6.45, 7) is 0. The highest BCUT2D eigenvalue weighted by molar-refractivity contribution is 7.14. The average molecular weight is 266 g/mol. The lowest BCUT2D eigenvalue weighted by molar-refractivity contribution is 0.997. The first-order chi connectivity index (χ1) is 8.26. The summed E-state index contributed by atoms with van der Waals surface area (Å²) < 4.78 is 0. The van der Waals surface area contributed by atoms with Gasteiger partial charge in [-0.1, -0.05) is 11.6 Å². The van der Waals surface area contributed by atoms with Gasteiger partial charge in [-0.3, -0.25) is 0 Å². The van der Waals surface area contributed by atoms with Gasteiger partial charge in [0.1, 0.15) is 5.82 Å². The molecule has 17 heavy (non-hydrogen) atoms. The predicted molar refractivity (Wildman–Crippen MR) is 71.9 cm³/mol. The molecule has 0 aromatic carbocycles. The molecule has 0 aliphatic heterocycles. The van der Waals surface area contributed by atoms with E-state index in [1.165, 1.54) is 12.8 Å². The van der Waals surface area contributed by atoms with Crippen molar-refractivity contribution >= 4 is 28.8 Å². The largest absolute Gasteiger partial charge is 0.373 e. The van der Waals surface area contributed by atoms with Crippen LogP contribution in [0, 0.1) is 0 Å². The Bertz CT molecular complexity index is 548. The molecule has 88 valence electrons. The molecule has 1 fully saturated rings. The molecular formula is C12H12ClN3S. The van der Waals surface area contributed by atoms with E-state index in [0.29, 0.717) is 5.92 Å². The number of halogens is 1. The number of anilines is 1. The summed E-state index contributed by atoms with van der Waals surface area (Å²) in [5.74, 6) is 2.27. The van der Waals surface area contributed by atoms with Crippen LogP contribution in [0.1, 0.15) is 24.5 Å².